The molecule has 7 nitrogen and oxygen atoms in total. The van der Waals surface area contributed by atoms with Crippen LogP contribution in [0, 0.1) is 6.92 Å². The summed E-state index contributed by atoms with van der Waals surface area (Å²) >= 11 is 0. The van der Waals surface area contributed by atoms with E-state index in [9.17, 15) is 4.79 Å². The molecule has 0 heterocycles. The van der Waals surface area contributed by atoms with Crippen LogP contribution < -0.4 is 34.4 Å². The van der Waals surface area contributed by atoms with Gasteiger partial charge in [0.2, 0.25) is 0 Å². The highest BCUT2D eigenvalue weighted by Crippen LogP contribution is 2.38. The van der Waals surface area contributed by atoms with Crippen LogP contribution in [0.2, 0.25) is 0 Å². The number of Topliss-reactive ketones (excluding diaryl/α,β-unsaturated/α-hetero) is 1. The van der Waals surface area contributed by atoms with E-state index in [0.29, 0.717) is 11.1 Å². The Hall–Kier alpha value is -2.57. The Morgan fingerprint density at radius 1 is 0.889 bits per heavy atom. The zero-order chi connectivity index (χ0) is 14.2. The first-order valence-electron chi connectivity index (χ1n) is 5.19. The van der Waals surface area contributed by atoms with Crippen LogP contribution in [0.15, 0.2) is 5.70 Å². The largest absolute Gasteiger partial charge is 0.397 e. The number of carbonyl (C=O) groups excluding carboxylic acids is 1. The zero-order valence-corrected chi connectivity index (χ0v) is 10.4. The maximum absolute atomic E-state index is 11.2. The second-order valence-electron chi connectivity index (χ2n) is 4.04. The number of nitrogen functional groups attached to an aromatic ring is 4. The van der Waals surface area contributed by atoms with Crippen LogP contribution in [0.4, 0.5) is 22.7 Å². The number of hydrogen-bond acceptors (Lipinski definition) is 7. The number of hydrogen-bond donors (Lipinski definition) is 6. The summed E-state index contributed by atoms with van der Waals surface area (Å²) in [4.78, 5) is 11.2. The van der Waals surface area contributed by atoms with Crippen molar-refractivity contribution >= 4 is 34.2 Å². The summed E-state index contributed by atoms with van der Waals surface area (Å²) in [5, 5.41) is 0. The lowest BCUT2D eigenvalue weighted by Crippen LogP contribution is -2.18. The molecular formula is C11H18N6O. The van der Waals surface area contributed by atoms with Crippen molar-refractivity contribution in [2.75, 3.05) is 22.9 Å². The van der Waals surface area contributed by atoms with Crippen LogP contribution in [0.5, 0.6) is 0 Å². The summed E-state index contributed by atoms with van der Waals surface area (Å²) in [6, 6.07) is 0. The SMILES string of the molecule is CC(=O)/C(N)=C(/N)c1c(C)c(N)c(N)c(N)c1N. The molecule has 0 spiro atoms. The molecule has 1 aromatic rings. The van der Waals surface area contributed by atoms with Crippen LogP contribution in [-0.4, -0.2) is 5.78 Å². The van der Waals surface area contributed by atoms with Gasteiger partial charge in [-0.15, -0.1) is 0 Å². The van der Waals surface area contributed by atoms with Crippen LogP contribution in [0.3, 0.4) is 0 Å². The summed E-state index contributed by atoms with van der Waals surface area (Å²) in [6.07, 6.45) is 0. The molecule has 0 aromatic heterocycles. The van der Waals surface area contributed by atoms with Crippen LogP contribution in [0.25, 0.3) is 5.70 Å². The van der Waals surface area contributed by atoms with Crippen molar-refractivity contribution in [3.05, 3.63) is 16.8 Å². The lowest BCUT2D eigenvalue weighted by molar-refractivity contribution is -0.113. The Morgan fingerprint density at radius 3 is 1.78 bits per heavy atom. The van der Waals surface area contributed by atoms with Crippen molar-refractivity contribution in [1.29, 1.82) is 0 Å². The fraction of sp³-hybridized carbons (Fsp3) is 0.182. The summed E-state index contributed by atoms with van der Waals surface area (Å²) < 4.78 is 0. The molecule has 7 heteroatoms. The second-order valence-corrected chi connectivity index (χ2v) is 4.04. The molecule has 18 heavy (non-hydrogen) atoms. The van der Waals surface area contributed by atoms with E-state index in [1.165, 1.54) is 6.92 Å². The number of rotatable bonds is 2. The fourth-order valence-corrected chi connectivity index (χ4v) is 1.63. The first kappa shape index (κ1) is 13.5. The van der Waals surface area contributed by atoms with Gasteiger partial charge >= 0.3 is 0 Å². The van der Waals surface area contributed by atoms with Crippen molar-refractivity contribution in [3.63, 3.8) is 0 Å². The predicted octanol–water partition coefficient (Wildman–Crippen LogP) is -0.501. The molecule has 0 saturated carbocycles. The standard InChI is InChI=1S/C11H18N6O/c1-3-5(8(14)7(13)4(2)18)9(15)11(17)10(16)6(3)12/h12-17H2,1-2H3/b8-7-. The number of anilines is 4. The smallest absolute Gasteiger partial charge is 0.177 e. The average Bonchev–Trinajstić information content (AvgIpc) is 2.32. The van der Waals surface area contributed by atoms with Gasteiger partial charge in [0.15, 0.2) is 5.78 Å². The van der Waals surface area contributed by atoms with E-state index in [1.807, 2.05) is 0 Å². The average molecular weight is 250 g/mol. The summed E-state index contributed by atoms with van der Waals surface area (Å²) in [6.45, 7) is 2.98. The minimum absolute atomic E-state index is 0.0518. The van der Waals surface area contributed by atoms with Gasteiger partial charge in [-0.25, -0.2) is 0 Å². The second kappa shape index (κ2) is 4.36. The lowest BCUT2D eigenvalue weighted by Gasteiger charge is -2.18. The van der Waals surface area contributed by atoms with Crippen LogP contribution >= 0.6 is 0 Å². The quantitative estimate of drug-likeness (QED) is 0.303. The molecule has 0 amide bonds. The van der Waals surface area contributed by atoms with Crippen molar-refractivity contribution in [3.8, 4) is 0 Å². The van der Waals surface area contributed by atoms with Crippen LogP contribution in [-0.2, 0) is 4.79 Å². The monoisotopic (exact) mass is 250 g/mol. The maximum atomic E-state index is 11.2. The topological polar surface area (TPSA) is 173 Å². The molecular weight excluding hydrogens is 232 g/mol. The van der Waals surface area contributed by atoms with E-state index in [2.05, 4.69) is 0 Å². The van der Waals surface area contributed by atoms with Gasteiger partial charge < -0.3 is 34.4 Å². The van der Waals surface area contributed by atoms with Crippen molar-refractivity contribution in [1.82, 2.24) is 0 Å². The molecule has 0 bridgehead atoms. The lowest BCUT2D eigenvalue weighted by atomic mass is 9.97. The predicted molar refractivity (Wildman–Crippen MR) is 74.8 cm³/mol. The molecule has 0 atom stereocenters. The molecule has 0 radical (unpaired) electrons. The van der Waals surface area contributed by atoms with Gasteiger partial charge in [-0.1, -0.05) is 0 Å². The third-order valence-electron chi connectivity index (χ3n) is 2.86. The van der Waals surface area contributed by atoms with Crippen molar-refractivity contribution < 1.29 is 4.79 Å². The molecule has 1 aromatic carbocycles. The molecule has 0 aliphatic rings. The Bertz CT molecular complexity index is 532. The molecule has 12 N–H and O–H groups in total. The van der Waals surface area contributed by atoms with E-state index in [-0.39, 0.29) is 39.9 Å². The third kappa shape index (κ3) is 1.86. The van der Waals surface area contributed by atoms with Crippen molar-refractivity contribution in [2.24, 2.45) is 11.5 Å². The molecule has 0 aliphatic carbocycles. The van der Waals surface area contributed by atoms with E-state index in [1.54, 1.807) is 6.92 Å². The van der Waals surface area contributed by atoms with E-state index < -0.39 is 0 Å². The Morgan fingerprint density at radius 2 is 1.33 bits per heavy atom. The highest BCUT2D eigenvalue weighted by Gasteiger charge is 2.19. The van der Waals surface area contributed by atoms with Gasteiger partial charge in [0.1, 0.15) is 0 Å². The fourth-order valence-electron chi connectivity index (χ4n) is 1.63. The Balaban J connectivity index is 3.73. The Kier molecular flexibility index (Phi) is 3.27. The summed E-state index contributed by atoms with van der Waals surface area (Å²) in [7, 11) is 0. The number of ketones is 1. The van der Waals surface area contributed by atoms with Gasteiger partial charge in [-0.3, -0.25) is 4.79 Å². The number of nitrogens with two attached hydrogens (primary N) is 6. The van der Waals surface area contributed by atoms with E-state index in [0.717, 1.165) is 0 Å². The summed E-state index contributed by atoms with van der Waals surface area (Å²) in [5.41, 5.74) is 36.2. The van der Waals surface area contributed by atoms with Gasteiger partial charge in [0.05, 0.1) is 34.1 Å². The number of benzene rings is 1. The first-order chi connectivity index (χ1) is 8.20. The number of carbonyl (C=O) groups is 1. The van der Waals surface area contributed by atoms with Gasteiger partial charge in [0.25, 0.3) is 0 Å². The first-order valence-corrected chi connectivity index (χ1v) is 5.19. The third-order valence-corrected chi connectivity index (χ3v) is 2.86. The molecule has 0 fully saturated rings. The highest BCUT2D eigenvalue weighted by atomic mass is 16.1. The van der Waals surface area contributed by atoms with Gasteiger partial charge in [-0.05, 0) is 12.5 Å². The molecule has 0 saturated heterocycles. The minimum Gasteiger partial charge on any atom is -0.397 e. The molecule has 0 aliphatic heterocycles. The van der Waals surface area contributed by atoms with Gasteiger partial charge in [-0.2, -0.15) is 0 Å². The zero-order valence-electron chi connectivity index (χ0n) is 10.4. The molecule has 98 valence electrons. The van der Waals surface area contributed by atoms with Crippen LogP contribution in [0.1, 0.15) is 18.1 Å². The normalized spacial score (nSPS) is 12.1. The molecule has 1 rings (SSSR count). The Labute approximate surface area is 105 Å². The maximum Gasteiger partial charge on any atom is 0.177 e. The summed E-state index contributed by atoms with van der Waals surface area (Å²) in [5.74, 6) is -0.361. The molecule has 0 unspecified atom stereocenters. The van der Waals surface area contributed by atoms with E-state index in [4.69, 9.17) is 34.4 Å². The minimum atomic E-state index is -0.361. The van der Waals surface area contributed by atoms with E-state index >= 15 is 0 Å². The highest BCUT2D eigenvalue weighted by molar-refractivity contribution is 6.04. The van der Waals surface area contributed by atoms with Gasteiger partial charge in [0, 0.05) is 12.5 Å². The van der Waals surface area contributed by atoms with Crippen molar-refractivity contribution in [2.45, 2.75) is 13.8 Å². The number of allylic oxidation sites excluding steroid dienone is 1.